The van der Waals surface area contributed by atoms with Gasteiger partial charge >= 0.3 is 0 Å². The monoisotopic (exact) mass is 324 g/mol. The summed E-state index contributed by atoms with van der Waals surface area (Å²) in [6, 6.07) is 6.47. The number of fused-ring (bicyclic) bond motifs is 1. The number of aromatic nitrogens is 2. The van der Waals surface area contributed by atoms with Gasteiger partial charge in [-0.1, -0.05) is 18.2 Å². The van der Waals surface area contributed by atoms with Gasteiger partial charge in [0.05, 0.1) is 0 Å². The molecule has 1 amide bonds. The Hall–Kier alpha value is -1.92. The van der Waals surface area contributed by atoms with Gasteiger partial charge in [0.15, 0.2) is 5.69 Å². The van der Waals surface area contributed by atoms with Crippen LogP contribution < -0.4 is 5.32 Å². The summed E-state index contributed by atoms with van der Waals surface area (Å²) in [6.45, 7) is 1.74. The molecule has 1 aromatic carbocycles. The van der Waals surface area contributed by atoms with Crippen molar-refractivity contribution in [1.82, 2.24) is 20.4 Å². The van der Waals surface area contributed by atoms with Crippen LogP contribution in [0.5, 0.6) is 0 Å². The Morgan fingerprint density at radius 1 is 1.41 bits per heavy atom. The number of rotatable bonds is 3. The molecule has 0 spiro atoms. The predicted molar refractivity (Wildman–Crippen MR) is 83.4 cm³/mol. The van der Waals surface area contributed by atoms with Crippen LogP contribution in [0.1, 0.15) is 27.3 Å². The average molecular weight is 325 g/mol. The molecule has 1 aliphatic heterocycles. The number of amides is 1. The van der Waals surface area contributed by atoms with Crippen LogP contribution in [0.25, 0.3) is 0 Å². The van der Waals surface area contributed by atoms with Crippen LogP contribution in [-0.4, -0.2) is 34.6 Å². The second-order valence-corrected chi connectivity index (χ2v) is 5.21. The highest BCUT2D eigenvalue weighted by Gasteiger charge is 2.24. The Kier molecular flexibility index (Phi) is 5.15. The van der Waals surface area contributed by atoms with E-state index in [0.29, 0.717) is 17.8 Å². The minimum absolute atomic E-state index is 0. The molecule has 22 heavy (non-hydrogen) atoms. The van der Waals surface area contributed by atoms with Crippen molar-refractivity contribution in [2.75, 3.05) is 13.6 Å². The van der Waals surface area contributed by atoms with Crippen molar-refractivity contribution in [3.63, 3.8) is 0 Å². The zero-order valence-corrected chi connectivity index (χ0v) is 13.0. The quantitative estimate of drug-likeness (QED) is 0.906. The number of nitrogens with zero attached hydrogens (tertiary/aromatic N) is 2. The Morgan fingerprint density at radius 3 is 2.95 bits per heavy atom. The van der Waals surface area contributed by atoms with E-state index in [1.807, 2.05) is 0 Å². The smallest absolute Gasteiger partial charge is 0.274 e. The minimum atomic E-state index is -0.303. The lowest BCUT2D eigenvalue weighted by Crippen LogP contribution is -2.30. The summed E-state index contributed by atoms with van der Waals surface area (Å²) in [5.74, 6) is -0.498. The number of halogens is 2. The zero-order valence-electron chi connectivity index (χ0n) is 12.2. The number of nitrogens with one attached hydrogen (secondary N) is 2. The molecule has 0 saturated heterocycles. The number of carbonyl (C=O) groups is 1. The molecule has 0 aliphatic carbocycles. The topological polar surface area (TPSA) is 61.0 Å². The fourth-order valence-corrected chi connectivity index (χ4v) is 2.54. The van der Waals surface area contributed by atoms with Gasteiger partial charge in [0.1, 0.15) is 5.82 Å². The molecule has 0 saturated carbocycles. The number of benzene rings is 1. The van der Waals surface area contributed by atoms with E-state index in [1.54, 1.807) is 25.2 Å². The highest BCUT2D eigenvalue weighted by molar-refractivity contribution is 5.93. The molecular weight excluding hydrogens is 307 g/mol. The molecule has 3 rings (SSSR count). The summed E-state index contributed by atoms with van der Waals surface area (Å²) in [5, 5.41) is 10.3. The first-order chi connectivity index (χ1) is 10.2. The van der Waals surface area contributed by atoms with Crippen LogP contribution in [-0.2, 0) is 19.5 Å². The van der Waals surface area contributed by atoms with Crippen molar-refractivity contribution in [3.05, 3.63) is 52.6 Å². The maximum atomic E-state index is 13.7. The first kappa shape index (κ1) is 16.5. The van der Waals surface area contributed by atoms with Crippen molar-refractivity contribution < 1.29 is 9.18 Å². The predicted octanol–water partition coefficient (Wildman–Crippen LogP) is 1.89. The van der Waals surface area contributed by atoms with Crippen LogP contribution >= 0.6 is 12.4 Å². The summed E-state index contributed by atoms with van der Waals surface area (Å²) in [7, 11) is 1.66. The van der Waals surface area contributed by atoms with Crippen molar-refractivity contribution in [2.45, 2.75) is 19.5 Å². The number of hydrogen-bond donors (Lipinski definition) is 2. The largest absolute Gasteiger partial charge is 0.336 e. The van der Waals surface area contributed by atoms with Crippen molar-refractivity contribution >= 4 is 18.3 Å². The third kappa shape index (κ3) is 3.13. The molecule has 1 aromatic heterocycles. The lowest BCUT2D eigenvalue weighted by Gasteiger charge is -2.18. The third-order valence-electron chi connectivity index (χ3n) is 3.72. The second-order valence-electron chi connectivity index (χ2n) is 5.21. The molecule has 118 valence electrons. The van der Waals surface area contributed by atoms with E-state index in [4.69, 9.17) is 0 Å². The Morgan fingerprint density at radius 2 is 2.18 bits per heavy atom. The fourth-order valence-electron chi connectivity index (χ4n) is 2.54. The molecular formula is C15H18ClFN4O. The molecule has 2 aromatic rings. The summed E-state index contributed by atoms with van der Waals surface area (Å²) in [6.07, 6.45) is 0.840. The van der Waals surface area contributed by atoms with E-state index < -0.39 is 0 Å². The van der Waals surface area contributed by atoms with Crippen LogP contribution in [0.2, 0.25) is 0 Å². The van der Waals surface area contributed by atoms with E-state index in [1.165, 1.54) is 11.0 Å². The fraction of sp³-hybridized carbons (Fsp3) is 0.333. The lowest BCUT2D eigenvalue weighted by molar-refractivity contribution is 0.0776. The summed E-state index contributed by atoms with van der Waals surface area (Å²) < 4.78 is 13.7. The molecule has 7 heteroatoms. The van der Waals surface area contributed by atoms with E-state index >= 15 is 0 Å². The van der Waals surface area contributed by atoms with E-state index in [0.717, 1.165) is 24.2 Å². The first-order valence-electron chi connectivity index (χ1n) is 6.92. The third-order valence-corrected chi connectivity index (χ3v) is 3.72. The minimum Gasteiger partial charge on any atom is -0.336 e. The molecule has 2 heterocycles. The van der Waals surface area contributed by atoms with Gasteiger partial charge < -0.3 is 10.2 Å². The molecule has 5 nitrogen and oxygen atoms in total. The number of hydrogen-bond acceptors (Lipinski definition) is 3. The van der Waals surface area contributed by atoms with Gasteiger partial charge in [-0.15, -0.1) is 12.4 Å². The molecule has 0 atom stereocenters. The van der Waals surface area contributed by atoms with Gasteiger partial charge in [-0.05, 0) is 6.07 Å². The van der Waals surface area contributed by atoms with Gasteiger partial charge in [0.25, 0.3) is 5.91 Å². The van der Waals surface area contributed by atoms with Crippen LogP contribution in [0.3, 0.4) is 0 Å². The number of carbonyl (C=O) groups excluding carboxylic acids is 1. The van der Waals surface area contributed by atoms with E-state index in [2.05, 4.69) is 15.5 Å². The van der Waals surface area contributed by atoms with Crippen LogP contribution in [0.4, 0.5) is 4.39 Å². The second kappa shape index (κ2) is 6.89. The van der Waals surface area contributed by atoms with E-state index in [9.17, 15) is 9.18 Å². The van der Waals surface area contributed by atoms with Gasteiger partial charge in [-0.2, -0.15) is 5.10 Å². The molecule has 1 aliphatic rings. The summed E-state index contributed by atoms with van der Waals surface area (Å²) in [4.78, 5) is 14.0. The lowest BCUT2D eigenvalue weighted by atomic mass is 10.1. The normalized spacial score (nSPS) is 13.2. The summed E-state index contributed by atoms with van der Waals surface area (Å²) in [5.41, 5.74) is 2.86. The number of H-pyrrole nitrogens is 1. The molecule has 0 radical (unpaired) electrons. The number of aromatic amines is 1. The van der Waals surface area contributed by atoms with Gasteiger partial charge in [-0.3, -0.25) is 9.89 Å². The average Bonchev–Trinajstić information content (AvgIpc) is 2.92. The highest BCUT2D eigenvalue weighted by Crippen LogP contribution is 2.18. The SMILES string of the molecule is CN(Cc1ccccc1F)C(=O)c1n[nH]c2c1CNCC2.Cl. The molecule has 2 N–H and O–H groups in total. The Labute approximate surface area is 134 Å². The van der Waals surface area contributed by atoms with Crippen LogP contribution in [0, 0.1) is 5.82 Å². The van der Waals surface area contributed by atoms with Gasteiger partial charge in [0.2, 0.25) is 0 Å². The van der Waals surface area contributed by atoms with Crippen molar-refractivity contribution in [1.29, 1.82) is 0 Å². The maximum Gasteiger partial charge on any atom is 0.274 e. The summed E-state index contributed by atoms with van der Waals surface area (Å²) >= 11 is 0. The van der Waals surface area contributed by atoms with E-state index in [-0.39, 0.29) is 30.7 Å². The molecule has 0 fully saturated rings. The molecule has 0 unspecified atom stereocenters. The highest BCUT2D eigenvalue weighted by atomic mass is 35.5. The standard InChI is InChI=1S/C15H17FN4O.ClH/c1-20(9-10-4-2-3-5-12(10)16)15(21)14-11-8-17-7-6-13(11)18-19-14;/h2-5,17H,6-9H2,1H3,(H,18,19);1H. The Bertz CT molecular complexity index is 673. The van der Waals surface area contributed by atoms with Gasteiger partial charge in [-0.25, -0.2) is 4.39 Å². The van der Waals surface area contributed by atoms with Crippen molar-refractivity contribution in [3.8, 4) is 0 Å². The zero-order chi connectivity index (χ0) is 14.8. The maximum absolute atomic E-state index is 13.7. The van der Waals surface area contributed by atoms with Gasteiger partial charge in [0, 0.05) is 49.9 Å². The Balaban J connectivity index is 0.00000176. The van der Waals surface area contributed by atoms with Crippen molar-refractivity contribution in [2.24, 2.45) is 0 Å². The first-order valence-corrected chi connectivity index (χ1v) is 6.92. The van der Waals surface area contributed by atoms with Crippen LogP contribution in [0.15, 0.2) is 24.3 Å². The molecule has 0 bridgehead atoms.